The zero-order valence-electron chi connectivity index (χ0n) is 7.14. The van der Waals surface area contributed by atoms with Crippen LogP contribution in [0, 0.1) is 6.92 Å². The summed E-state index contributed by atoms with van der Waals surface area (Å²) < 4.78 is 6.43. The standard InChI is InChI=1S/C9H9N2OS/c1-7-9(12-11(13)10-7)8-5-3-2-4-6-8/h2-6H,1H3,(H,10,13)/q+1. The number of hydrogen-bond donors (Lipinski definition) is 1. The van der Waals surface area contributed by atoms with Crippen LogP contribution in [0.25, 0.3) is 11.3 Å². The van der Waals surface area contributed by atoms with E-state index in [0.29, 0.717) is 0 Å². The van der Waals surface area contributed by atoms with Crippen molar-refractivity contribution < 1.29 is 8.78 Å². The van der Waals surface area contributed by atoms with Crippen LogP contribution in [0.4, 0.5) is 0 Å². The molecule has 4 heteroatoms. The summed E-state index contributed by atoms with van der Waals surface area (Å²) in [6, 6.07) is 9.83. The Hall–Kier alpha value is -1.29. The van der Waals surface area contributed by atoms with Crippen LogP contribution in [0.3, 0.4) is 0 Å². The molecule has 0 aliphatic carbocycles. The summed E-state index contributed by atoms with van der Waals surface area (Å²) in [5.41, 5.74) is 1.85. The average molecular weight is 193 g/mol. The summed E-state index contributed by atoms with van der Waals surface area (Å²) in [5, 5.41) is 4.00. The molecule has 66 valence electrons. The lowest BCUT2D eigenvalue weighted by atomic mass is 10.1. The lowest BCUT2D eigenvalue weighted by Crippen LogP contribution is -2.20. The summed E-state index contributed by atoms with van der Waals surface area (Å²) in [6.45, 7) is 1.89. The maximum absolute atomic E-state index is 5.27. The fraction of sp³-hybridized carbons (Fsp3) is 0.111. The highest BCUT2D eigenvalue weighted by Crippen LogP contribution is 2.19. The predicted molar refractivity (Wildman–Crippen MR) is 51.3 cm³/mol. The Morgan fingerprint density at radius 1 is 1.31 bits per heavy atom. The van der Waals surface area contributed by atoms with E-state index >= 15 is 0 Å². The Labute approximate surface area is 81.5 Å². The molecule has 0 aliphatic rings. The van der Waals surface area contributed by atoms with Crippen LogP contribution in [0.2, 0.25) is 0 Å². The van der Waals surface area contributed by atoms with Crippen LogP contribution in [0.1, 0.15) is 5.69 Å². The Bertz CT molecular complexity index is 411. The van der Waals surface area contributed by atoms with Gasteiger partial charge in [0.15, 0.2) is 9.95 Å². The number of benzene rings is 1. The van der Waals surface area contributed by atoms with E-state index in [4.69, 9.17) is 4.52 Å². The van der Waals surface area contributed by atoms with Gasteiger partial charge in [-0.05, 0) is 6.92 Å². The first kappa shape index (κ1) is 8.31. The monoisotopic (exact) mass is 193 g/mol. The SMILES string of the molecule is Cc1n[n+](S)oc1-c1ccccc1. The van der Waals surface area contributed by atoms with E-state index < -0.39 is 0 Å². The molecule has 0 spiro atoms. The van der Waals surface area contributed by atoms with E-state index in [9.17, 15) is 0 Å². The molecule has 1 aromatic heterocycles. The molecule has 0 N–H and O–H groups in total. The quantitative estimate of drug-likeness (QED) is 0.551. The van der Waals surface area contributed by atoms with Crippen molar-refractivity contribution in [2.24, 2.45) is 0 Å². The molecular weight excluding hydrogens is 184 g/mol. The molecular formula is C9H9N2OS+. The smallest absolute Gasteiger partial charge is 0.194 e. The van der Waals surface area contributed by atoms with Crippen molar-refractivity contribution in [2.75, 3.05) is 0 Å². The summed E-state index contributed by atoms with van der Waals surface area (Å²) in [6.07, 6.45) is 0. The normalized spacial score (nSPS) is 10.3. The maximum atomic E-state index is 5.27. The van der Waals surface area contributed by atoms with Crippen LogP contribution < -0.4 is 4.26 Å². The molecule has 2 rings (SSSR count). The lowest BCUT2D eigenvalue weighted by Gasteiger charge is -1.90. The number of nitrogens with zero attached hydrogens (tertiary/aromatic N) is 2. The summed E-state index contributed by atoms with van der Waals surface area (Å²) >= 11 is 3.96. The third-order valence-electron chi connectivity index (χ3n) is 1.77. The van der Waals surface area contributed by atoms with Gasteiger partial charge in [-0.2, -0.15) is 4.52 Å². The van der Waals surface area contributed by atoms with Gasteiger partial charge < -0.3 is 0 Å². The first-order valence-corrected chi connectivity index (χ1v) is 4.32. The van der Waals surface area contributed by atoms with Gasteiger partial charge in [-0.3, -0.25) is 0 Å². The van der Waals surface area contributed by atoms with E-state index in [2.05, 4.69) is 17.9 Å². The molecule has 1 aromatic carbocycles. The average Bonchev–Trinajstić information content (AvgIpc) is 2.47. The Balaban J connectivity index is 2.53. The Kier molecular flexibility index (Phi) is 2.06. The van der Waals surface area contributed by atoms with E-state index in [1.54, 1.807) is 0 Å². The molecule has 1 heterocycles. The number of hydrogen-bond acceptors (Lipinski definition) is 3. The topological polar surface area (TPSA) is 29.9 Å². The molecule has 2 aromatic rings. The van der Waals surface area contributed by atoms with Crippen LogP contribution in [-0.4, -0.2) is 5.10 Å². The van der Waals surface area contributed by atoms with Gasteiger partial charge in [-0.25, -0.2) is 0 Å². The van der Waals surface area contributed by atoms with Gasteiger partial charge in [0, 0.05) is 5.56 Å². The van der Waals surface area contributed by atoms with Crippen molar-refractivity contribution >= 4 is 12.8 Å². The third-order valence-corrected chi connectivity index (χ3v) is 1.94. The molecule has 0 aliphatic heterocycles. The van der Waals surface area contributed by atoms with E-state index in [1.807, 2.05) is 37.3 Å². The summed E-state index contributed by atoms with van der Waals surface area (Å²) in [5.74, 6) is 0.760. The highest BCUT2D eigenvalue weighted by molar-refractivity contribution is 7.72. The van der Waals surface area contributed by atoms with Crippen LogP contribution >= 0.6 is 12.8 Å². The van der Waals surface area contributed by atoms with Crippen LogP contribution in [-0.2, 0) is 0 Å². The first-order chi connectivity index (χ1) is 6.27. The highest BCUT2D eigenvalue weighted by atomic mass is 32.1. The Morgan fingerprint density at radius 3 is 2.54 bits per heavy atom. The van der Waals surface area contributed by atoms with Gasteiger partial charge in [0.05, 0.1) is 5.10 Å². The summed E-state index contributed by atoms with van der Waals surface area (Å²) in [4.78, 5) is 0. The second-order valence-electron chi connectivity index (χ2n) is 2.72. The number of aryl methyl sites for hydroxylation is 1. The van der Waals surface area contributed by atoms with Crippen molar-refractivity contribution in [1.82, 2.24) is 5.10 Å². The number of aromatic nitrogens is 2. The predicted octanol–water partition coefficient (Wildman–Crippen LogP) is 1.63. The first-order valence-electron chi connectivity index (χ1n) is 3.92. The molecule has 0 amide bonds. The molecule has 0 radical (unpaired) electrons. The van der Waals surface area contributed by atoms with E-state index in [1.165, 1.54) is 0 Å². The minimum absolute atomic E-state index is 0.760. The number of rotatable bonds is 1. The zero-order chi connectivity index (χ0) is 9.26. The van der Waals surface area contributed by atoms with Gasteiger partial charge in [0.25, 0.3) is 0 Å². The van der Waals surface area contributed by atoms with Gasteiger partial charge in [0.1, 0.15) is 0 Å². The molecule has 0 saturated heterocycles. The van der Waals surface area contributed by atoms with Gasteiger partial charge in [-0.1, -0.05) is 30.3 Å². The molecule has 0 bridgehead atoms. The van der Waals surface area contributed by atoms with Gasteiger partial charge in [-0.15, -0.1) is 0 Å². The molecule has 3 nitrogen and oxygen atoms in total. The molecule has 0 fully saturated rings. The number of thiol groups is 1. The van der Waals surface area contributed by atoms with Crippen molar-refractivity contribution in [3.63, 3.8) is 0 Å². The maximum Gasteiger partial charge on any atom is 0.242 e. The largest absolute Gasteiger partial charge is 0.242 e. The minimum Gasteiger partial charge on any atom is -0.194 e. The van der Waals surface area contributed by atoms with Crippen LogP contribution in [0.5, 0.6) is 0 Å². The third kappa shape index (κ3) is 1.58. The second kappa shape index (κ2) is 3.22. The molecule has 0 saturated carbocycles. The lowest BCUT2D eigenvalue weighted by molar-refractivity contribution is -0.749. The summed E-state index contributed by atoms with van der Waals surface area (Å²) in [7, 11) is 0. The van der Waals surface area contributed by atoms with Crippen LogP contribution in [0.15, 0.2) is 34.9 Å². The molecule has 0 unspecified atom stereocenters. The Morgan fingerprint density at radius 2 is 2.00 bits per heavy atom. The van der Waals surface area contributed by atoms with E-state index in [0.717, 1.165) is 21.3 Å². The fourth-order valence-electron chi connectivity index (χ4n) is 1.19. The fourth-order valence-corrected chi connectivity index (χ4v) is 1.41. The van der Waals surface area contributed by atoms with Gasteiger partial charge in [0.2, 0.25) is 18.6 Å². The van der Waals surface area contributed by atoms with Crippen molar-refractivity contribution in [3.05, 3.63) is 36.0 Å². The highest BCUT2D eigenvalue weighted by Gasteiger charge is 2.15. The van der Waals surface area contributed by atoms with Gasteiger partial charge >= 0.3 is 0 Å². The molecule has 0 atom stereocenters. The zero-order valence-corrected chi connectivity index (χ0v) is 8.03. The minimum atomic E-state index is 0.760. The van der Waals surface area contributed by atoms with Crippen molar-refractivity contribution in [2.45, 2.75) is 6.92 Å². The van der Waals surface area contributed by atoms with E-state index in [-0.39, 0.29) is 0 Å². The molecule has 13 heavy (non-hydrogen) atoms. The van der Waals surface area contributed by atoms with Crippen molar-refractivity contribution in [3.8, 4) is 11.3 Å². The van der Waals surface area contributed by atoms with Crippen molar-refractivity contribution in [1.29, 1.82) is 0 Å². The second-order valence-corrected chi connectivity index (χ2v) is 3.07.